The molecule has 4 heteroatoms. The Morgan fingerprint density at radius 1 is 0.960 bits per heavy atom. The number of carbonyl (C=O) groups is 1. The Bertz CT molecular complexity index is 1170. The summed E-state index contributed by atoms with van der Waals surface area (Å²) in [6.45, 7) is 0.457. The van der Waals surface area contributed by atoms with Gasteiger partial charge in [-0.15, -0.1) is 0 Å². The van der Waals surface area contributed by atoms with Gasteiger partial charge in [0, 0.05) is 23.7 Å². The van der Waals surface area contributed by atoms with Crippen LogP contribution in [0.25, 0.3) is 32.7 Å². The number of benzene rings is 3. The molecule has 0 bridgehead atoms. The Morgan fingerprint density at radius 2 is 1.68 bits per heavy atom. The fourth-order valence-corrected chi connectivity index (χ4v) is 3.25. The Morgan fingerprint density at radius 3 is 2.36 bits per heavy atom. The number of nitrogens with one attached hydrogen (secondary N) is 1. The summed E-state index contributed by atoms with van der Waals surface area (Å²) in [6.07, 6.45) is 2.40. The topological polar surface area (TPSA) is 71.9 Å². The molecule has 3 aromatic carbocycles. The van der Waals surface area contributed by atoms with Gasteiger partial charge in [0.2, 0.25) is 6.41 Å². The molecule has 0 aliphatic heterocycles. The first-order valence-electron chi connectivity index (χ1n) is 8.08. The number of aromatic nitrogens is 1. The number of carbonyl (C=O) groups excluding carboxylic acids is 1. The van der Waals surface area contributed by atoms with Gasteiger partial charge in [0.15, 0.2) is 0 Å². The Hall–Kier alpha value is -3.24. The van der Waals surface area contributed by atoms with Gasteiger partial charge in [0.05, 0.1) is 0 Å². The van der Waals surface area contributed by atoms with Gasteiger partial charge < -0.3 is 5.73 Å². The normalized spacial score (nSPS) is 11.1. The Labute approximate surface area is 144 Å². The van der Waals surface area contributed by atoms with Crippen LogP contribution in [0, 0.1) is 5.41 Å². The maximum Gasteiger partial charge on any atom is 0.219 e. The monoisotopic (exact) mass is 327 g/mol. The van der Waals surface area contributed by atoms with E-state index in [0.29, 0.717) is 13.0 Å². The van der Waals surface area contributed by atoms with Crippen molar-refractivity contribution in [2.75, 3.05) is 0 Å². The minimum absolute atomic E-state index is 0.189. The lowest BCUT2D eigenvalue weighted by Crippen LogP contribution is -2.19. The molecule has 0 aliphatic carbocycles. The third-order valence-electron chi connectivity index (χ3n) is 4.54. The third kappa shape index (κ3) is 2.53. The lowest BCUT2D eigenvalue weighted by Gasteiger charge is -2.12. The first-order valence-corrected chi connectivity index (χ1v) is 8.08. The van der Waals surface area contributed by atoms with Gasteiger partial charge in [-0.3, -0.25) is 14.8 Å². The quantitative estimate of drug-likeness (QED) is 0.447. The van der Waals surface area contributed by atoms with E-state index in [0.717, 1.165) is 38.2 Å². The Kier molecular flexibility index (Phi) is 3.67. The maximum atomic E-state index is 11.5. The van der Waals surface area contributed by atoms with E-state index in [1.54, 1.807) is 6.20 Å². The van der Waals surface area contributed by atoms with Crippen molar-refractivity contribution >= 4 is 28.0 Å². The van der Waals surface area contributed by atoms with Gasteiger partial charge in [-0.25, -0.2) is 0 Å². The maximum absolute atomic E-state index is 11.5. The van der Waals surface area contributed by atoms with E-state index in [4.69, 9.17) is 11.1 Å². The highest BCUT2D eigenvalue weighted by Gasteiger charge is 2.10. The summed E-state index contributed by atoms with van der Waals surface area (Å²) in [7, 11) is 0. The highest BCUT2D eigenvalue weighted by molar-refractivity contribution is 6.04. The van der Waals surface area contributed by atoms with Gasteiger partial charge in [-0.2, -0.15) is 0 Å². The van der Waals surface area contributed by atoms with Crippen molar-refractivity contribution in [1.82, 2.24) is 4.57 Å². The molecule has 0 radical (unpaired) electrons. The molecule has 0 atom stereocenters. The van der Waals surface area contributed by atoms with Crippen LogP contribution in [0.2, 0.25) is 0 Å². The second kappa shape index (κ2) is 6.00. The lowest BCUT2D eigenvalue weighted by atomic mass is 9.96. The smallest absolute Gasteiger partial charge is 0.219 e. The molecule has 4 aromatic rings. The summed E-state index contributed by atoms with van der Waals surface area (Å²) in [6, 6.07) is 20.1. The van der Waals surface area contributed by atoms with Crippen LogP contribution in [0.3, 0.4) is 0 Å². The molecule has 1 aromatic heterocycles. The zero-order valence-electron chi connectivity index (χ0n) is 13.6. The molecule has 0 unspecified atom stereocenters. The van der Waals surface area contributed by atoms with Crippen molar-refractivity contribution in [1.29, 1.82) is 5.41 Å². The number of rotatable bonds is 3. The summed E-state index contributed by atoms with van der Waals surface area (Å²) in [5, 5.41) is 12.2. The molecule has 0 spiro atoms. The van der Waals surface area contributed by atoms with Crippen molar-refractivity contribution in [2.24, 2.45) is 5.73 Å². The number of hydrogen-bond acceptors (Lipinski definition) is 3. The molecule has 0 fully saturated rings. The molecule has 3 N–H and O–H groups in total. The average Bonchev–Trinajstić information content (AvgIpc) is 2.67. The van der Waals surface area contributed by atoms with E-state index in [9.17, 15) is 4.79 Å². The first-order chi connectivity index (χ1) is 12.2. The van der Waals surface area contributed by atoms with Gasteiger partial charge >= 0.3 is 0 Å². The molecule has 122 valence electrons. The minimum atomic E-state index is 0.189. The van der Waals surface area contributed by atoms with Crippen molar-refractivity contribution in [3.8, 4) is 11.1 Å². The predicted octanol–water partition coefficient (Wildman–Crippen LogP) is 3.44. The number of nitrogens with two attached hydrogens (primary N) is 1. The summed E-state index contributed by atoms with van der Waals surface area (Å²) >= 11 is 0. The molecule has 0 aliphatic rings. The summed E-state index contributed by atoms with van der Waals surface area (Å²) in [5.41, 5.74) is 8.89. The SMILES string of the molecule is N=c1c2cc3ccccc3cc2c(-c2cccc(CN)c2)cn1C=O. The zero-order valence-corrected chi connectivity index (χ0v) is 13.6. The third-order valence-corrected chi connectivity index (χ3v) is 4.54. The van der Waals surface area contributed by atoms with Crippen LogP contribution in [-0.2, 0) is 11.3 Å². The van der Waals surface area contributed by atoms with Crippen molar-refractivity contribution in [2.45, 2.75) is 6.54 Å². The summed E-state index contributed by atoms with van der Waals surface area (Å²) in [4.78, 5) is 11.5. The summed E-state index contributed by atoms with van der Waals surface area (Å²) < 4.78 is 1.32. The van der Waals surface area contributed by atoms with Crippen LogP contribution < -0.4 is 11.2 Å². The molecular formula is C21H17N3O. The molecular weight excluding hydrogens is 310 g/mol. The van der Waals surface area contributed by atoms with Crippen LogP contribution in [0.5, 0.6) is 0 Å². The van der Waals surface area contributed by atoms with Gasteiger partial charge in [-0.1, -0.05) is 42.5 Å². The van der Waals surface area contributed by atoms with Crippen LogP contribution >= 0.6 is 0 Å². The highest BCUT2D eigenvalue weighted by Crippen LogP contribution is 2.30. The largest absolute Gasteiger partial charge is 0.326 e. The molecule has 4 nitrogen and oxygen atoms in total. The predicted molar refractivity (Wildman–Crippen MR) is 101 cm³/mol. The standard InChI is InChI=1S/C21H17N3O/c22-11-14-4-3-7-17(8-14)20-12-24(13-25)21(23)19-10-16-6-2-1-5-15(16)9-18(19)20/h1-10,12-13,23H,11,22H2. The second-order valence-electron chi connectivity index (χ2n) is 6.05. The van der Waals surface area contributed by atoms with Crippen molar-refractivity contribution in [3.05, 3.63) is 77.9 Å². The molecule has 0 saturated carbocycles. The fourth-order valence-electron chi connectivity index (χ4n) is 3.25. The van der Waals surface area contributed by atoms with Gasteiger partial charge in [-0.05, 0) is 45.5 Å². The highest BCUT2D eigenvalue weighted by atomic mass is 16.1. The van der Waals surface area contributed by atoms with Crippen molar-refractivity contribution < 1.29 is 4.79 Å². The van der Waals surface area contributed by atoms with Gasteiger partial charge in [0.25, 0.3) is 0 Å². The van der Waals surface area contributed by atoms with E-state index in [-0.39, 0.29) is 5.49 Å². The number of nitrogens with zero attached hydrogens (tertiary/aromatic N) is 1. The fraction of sp³-hybridized carbons (Fsp3) is 0.0476. The molecule has 25 heavy (non-hydrogen) atoms. The van der Waals surface area contributed by atoms with Gasteiger partial charge in [0.1, 0.15) is 5.49 Å². The van der Waals surface area contributed by atoms with Crippen LogP contribution in [-0.4, -0.2) is 11.0 Å². The lowest BCUT2D eigenvalue weighted by molar-refractivity contribution is 0.545. The number of pyridine rings is 1. The molecule has 1 heterocycles. The average molecular weight is 327 g/mol. The van der Waals surface area contributed by atoms with E-state index < -0.39 is 0 Å². The zero-order chi connectivity index (χ0) is 17.4. The van der Waals surface area contributed by atoms with E-state index >= 15 is 0 Å². The van der Waals surface area contributed by atoms with E-state index in [1.165, 1.54) is 4.57 Å². The second-order valence-corrected chi connectivity index (χ2v) is 6.05. The Balaban J connectivity index is 2.15. The summed E-state index contributed by atoms with van der Waals surface area (Å²) in [5.74, 6) is 0. The molecule has 0 amide bonds. The number of hydrogen-bond donors (Lipinski definition) is 2. The van der Waals surface area contributed by atoms with Crippen LogP contribution in [0.1, 0.15) is 5.56 Å². The van der Waals surface area contributed by atoms with E-state index in [2.05, 4.69) is 12.1 Å². The number of fused-ring (bicyclic) bond motifs is 2. The van der Waals surface area contributed by atoms with Crippen LogP contribution in [0.15, 0.2) is 66.9 Å². The van der Waals surface area contributed by atoms with Crippen LogP contribution in [0.4, 0.5) is 0 Å². The molecule has 4 rings (SSSR count). The first kappa shape index (κ1) is 15.3. The van der Waals surface area contributed by atoms with E-state index in [1.807, 2.05) is 48.5 Å². The molecule has 0 saturated heterocycles. The minimum Gasteiger partial charge on any atom is -0.326 e. The van der Waals surface area contributed by atoms with Crippen molar-refractivity contribution in [3.63, 3.8) is 0 Å².